The van der Waals surface area contributed by atoms with E-state index < -0.39 is 6.10 Å². The number of morpholine rings is 1. The van der Waals surface area contributed by atoms with E-state index in [9.17, 15) is 15.2 Å². The van der Waals surface area contributed by atoms with E-state index >= 15 is 0 Å². The highest BCUT2D eigenvalue weighted by Gasteiger charge is 2.17. The van der Waals surface area contributed by atoms with Crippen LogP contribution in [-0.2, 0) is 4.74 Å². The number of methoxy groups -OCH3 is 1. The summed E-state index contributed by atoms with van der Waals surface area (Å²) >= 11 is 6.45. The summed E-state index contributed by atoms with van der Waals surface area (Å²) in [6, 6.07) is 12.3. The van der Waals surface area contributed by atoms with Crippen LogP contribution in [0.25, 0.3) is 10.9 Å². The van der Waals surface area contributed by atoms with Gasteiger partial charge < -0.3 is 29.2 Å². The number of nitrogens with zero attached hydrogens (tertiary/aromatic N) is 3. The van der Waals surface area contributed by atoms with E-state index in [0.717, 1.165) is 18.5 Å². The Kier molecular flexibility index (Phi) is 7.78. The summed E-state index contributed by atoms with van der Waals surface area (Å²) in [5.74, 6) is 0.809. The van der Waals surface area contributed by atoms with Crippen molar-refractivity contribution in [2.75, 3.05) is 58.5 Å². The molecule has 0 amide bonds. The second-order valence-electron chi connectivity index (χ2n) is 8.29. The van der Waals surface area contributed by atoms with Crippen LogP contribution < -0.4 is 19.9 Å². The van der Waals surface area contributed by atoms with Gasteiger partial charge >= 0.3 is 0 Å². The molecule has 1 saturated heterocycles. The Morgan fingerprint density at radius 2 is 2.03 bits per heavy atom. The first-order valence-electron chi connectivity index (χ1n) is 11.2. The van der Waals surface area contributed by atoms with Crippen molar-refractivity contribution in [3.05, 3.63) is 57.3 Å². The molecule has 1 aliphatic heterocycles. The highest BCUT2D eigenvalue weighted by atomic mass is 35.5. The largest absolute Gasteiger partial charge is 0.495 e. The number of rotatable bonds is 8. The van der Waals surface area contributed by atoms with Gasteiger partial charge in [-0.15, -0.1) is 0 Å². The molecule has 2 N–H and O–H groups in total. The molecule has 0 radical (unpaired) electrons. The third-order valence-electron chi connectivity index (χ3n) is 5.94. The number of nitrogens with one attached hydrogen (secondary N) is 1. The van der Waals surface area contributed by atoms with Gasteiger partial charge in [0.1, 0.15) is 36.0 Å². The minimum absolute atomic E-state index is 0.0775. The van der Waals surface area contributed by atoms with Crippen molar-refractivity contribution in [2.45, 2.75) is 6.10 Å². The smallest absolute Gasteiger partial charge is 0.272 e. The molecule has 0 bridgehead atoms. The zero-order valence-electron chi connectivity index (χ0n) is 19.6. The molecule has 1 fully saturated rings. The zero-order valence-corrected chi connectivity index (χ0v) is 20.3. The van der Waals surface area contributed by atoms with E-state index in [4.69, 9.17) is 25.8 Å². The number of aliphatic hydroxyl groups is 1. The predicted octanol–water partition coefficient (Wildman–Crippen LogP) is 2.90. The van der Waals surface area contributed by atoms with E-state index in [1.54, 1.807) is 48.3 Å². The number of ether oxygens (including phenoxy) is 3. The lowest BCUT2D eigenvalue weighted by atomic mass is 10.1. The van der Waals surface area contributed by atoms with Crippen molar-refractivity contribution < 1.29 is 19.3 Å². The molecule has 184 valence electrons. The second kappa shape index (κ2) is 11.0. The Morgan fingerprint density at radius 1 is 1.26 bits per heavy atom. The number of fused-ring (bicyclic) bond motifs is 1. The molecule has 4 rings (SSSR count). The van der Waals surface area contributed by atoms with Gasteiger partial charge in [-0.05, 0) is 24.3 Å². The van der Waals surface area contributed by atoms with Gasteiger partial charge in [-0.2, -0.15) is 5.26 Å². The Morgan fingerprint density at radius 3 is 2.74 bits per heavy atom. The van der Waals surface area contributed by atoms with Crippen molar-refractivity contribution in [3.8, 4) is 17.6 Å². The average Bonchev–Trinajstić information content (AvgIpc) is 2.87. The number of halogens is 1. The number of aromatic amines is 1. The number of nitriles is 1. The van der Waals surface area contributed by atoms with Crippen LogP contribution in [0.15, 0.2) is 41.2 Å². The molecule has 9 nitrogen and oxygen atoms in total. The molecule has 1 atom stereocenters. The average molecular weight is 499 g/mol. The minimum atomic E-state index is -0.681. The lowest BCUT2D eigenvalue weighted by Gasteiger charge is -2.28. The minimum Gasteiger partial charge on any atom is -0.495 e. The first-order valence-corrected chi connectivity index (χ1v) is 11.6. The highest BCUT2D eigenvalue weighted by molar-refractivity contribution is 6.32. The number of β-amino-alcohol motifs (C(OH)–C–C–N with tert-alkyl or cyclic N) is 1. The molecule has 35 heavy (non-hydrogen) atoms. The van der Waals surface area contributed by atoms with Crippen molar-refractivity contribution >= 4 is 33.9 Å². The van der Waals surface area contributed by atoms with Crippen molar-refractivity contribution in [1.29, 1.82) is 5.26 Å². The van der Waals surface area contributed by atoms with Gasteiger partial charge in [0.25, 0.3) is 5.56 Å². The van der Waals surface area contributed by atoms with Gasteiger partial charge in [0.15, 0.2) is 0 Å². The molecule has 2 aromatic carbocycles. The maximum atomic E-state index is 12.9. The quantitative estimate of drug-likeness (QED) is 0.487. The lowest BCUT2D eigenvalue weighted by Crippen LogP contribution is -2.42. The molecule has 0 saturated carbocycles. The van der Waals surface area contributed by atoms with Crippen LogP contribution in [0.1, 0.15) is 5.56 Å². The molecule has 2 heterocycles. The van der Waals surface area contributed by atoms with Gasteiger partial charge in [0, 0.05) is 49.9 Å². The van der Waals surface area contributed by atoms with E-state index in [1.165, 1.54) is 7.11 Å². The molecular weight excluding hydrogens is 472 g/mol. The fraction of sp³-hybridized carbons (Fsp3) is 0.360. The van der Waals surface area contributed by atoms with Crippen LogP contribution in [0.4, 0.5) is 11.4 Å². The number of hydrogen-bond donors (Lipinski definition) is 2. The summed E-state index contributed by atoms with van der Waals surface area (Å²) in [5, 5.41) is 20.6. The Hall–Kier alpha value is -3.29. The van der Waals surface area contributed by atoms with Crippen LogP contribution in [0, 0.1) is 11.3 Å². The number of benzene rings is 2. The number of aromatic nitrogens is 1. The van der Waals surface area contributed by atoms with E-state index in [2.05, 4.69) is 16.0 Å². The van der Waals surface area contributed by atoms with E-state index in [-0.39, 0.29) is 12.2 Å². The first-order chi connectivity index (χ1) is 16.9. The van der Waals surface area contributed by atoms with Crippen LogP contribution >= 0.6 is 11.6 Å². The van der Waals surface area contributed by atoms with Crippen LogP contribution in [-0.4, -0.2) is 74.7 Å². The van der Waals surface area contributed by atoms with Crippen molar-refractivity contribution in [2.24, 2.45) is 0 Å². The van der Waals surface area contributed by atoms with Crippen molar-refractivity contribution in [3.63, 3.8) is 0 Å². The van der Waals surface area contributed by atoms with E-state index in [0.29, 0.717) is 58.7 Å². The molecule has 1 unspecified atom stereocenters. The summed E-state index contributed by atoms with van der Waals surface area (Å²) < 4.78 is 16.4. The molecule has 10 heteroatoms. The molecule has 1 aromatic heterocycles. The molecule has 0 spiro atoms. The van der Waals surface area contributed by atoms with Gasteiger partial charge in [-0.1, -0.05) is 11.6 Å². The summed E-state index contributed by atoms with van der Waals surface area (Å²) in [6.07, 6.45) is -0.681. The van der Waals surface area contributed by atoms with Gasteiger partial charge in [-0.3, -0.25) is 9.69 Å². The predicted molar refractivity (Wildman–Crippen MR) is 134 cm³/mol. The summed E-state index contributed by atoms with van der Waals surface area (Å²) in [7, 11) is 3.25. The van der Waals surface area contributed by atoms with Crippen molar-refractivity contribution in [1.82, 2.24) is 9.88 Å². The standard InChI is InChI=1S/C25H27ClN4O5/c1-29(18-4-3-16(13-27)23(11-18)33-2)22-10-17-9-20(26)24(12-21(17)28-25(22)32)35-15-19(31)14-30-5-7-34-8-6-30/h3-4,9-12,19,31H,5-8,14-15H2,1-2H3,(H,28,32). The third-order valence-corrected chi connectivity index (χ3v) is 6.23. The van der Waals surface area contributed by atoms with Crippen LogP contribution in [0.2, 0.25) is 5.02 Å². The normalized spacial score (nSPS) is 14.9. The number of H-pyrrole nitrogens is 1. The monoisotopic (exact) mass is 498 g/mol. The molecule has 1 aliphatic rings. The van der Waals surface area contributed by atoms with Crippen LogP contribution in [0.5, 0.6) is 11.5 Å². The fourth-order valence-corrected chi connectivity index (χ4v) is 4.22. The number of hydrogen-bond acceptors (Lipinski definition) is 8. The summed E-state index contributed by atoms with van der Waals surface area (Å²) in [6.45, 7) is 3.44. The van der Waals surface area contributed by atoms with E-state index in [1.807, 2.05) is 0 Å². The van der Waals surface area contributed by atoms with Gasteiger partial charge in [-0.25, -0.2) is 0 Å². The fourth-order valence-electron chi connectivity index (χ4n) is 4.00. The molecule has 0 aliphatic carbocycles. The maximum Gasteiger partial charge on any atom is 0.272 e. The second-order valence-corrected chi connectivity index (χ2v) is 8.69. The zero-order chi connectivity index (χ0) is 24.9. The first kappa shape index (κ1) is 24.8. The molecular formula is C25H27ClN4O5. The summed E-state index contributed by atoms with van der Waals surface area (Å²) in [5.41, 5.74) is 1.75. The van der Waals surface area contributed by atoms with Gasteiger partial charge in [0.05, 0.1) is 36.4 Å². The Balaban J connectivity index is 1.53. The van der Waals surface area contributed by atoms with Gasteiger partial charge in [0.2, 0.25) is 0 Å². The number of anilines is 2. The third kappa shape index (κ3) is 5.69. The molecule has 3 aromatic rings. The maximum absolute atomic E-state index is 12.9. The SMILES string of the molecule is COc1cc(N(C)c2cc3cc(Cl)c(OCC(O)CN4CCOCC4)cc3[nH]c2=O)ccc1C#N. The number of aliphatic hydroxyl groups excluding tert-OH is 1. The number of pyridine rings is 1. The lowest BCUT2D eigenvalue weighted by molar-refractivity contribution is 0.00467. The Labute approximate surface area is 208 Å². The summed E-state index contributed by atoms with van der Waals surface area (Å²) in [4.78, 5) is 19.6. The topological polar surface area (TPSA) is 111 Å². The Bertz CT molecular complexity index is 1300. The highest BCUT2D eigenvalue weighted by Crippen LogP contribution is 2.32. The van der Waals surface area contributed by atoms with Crippen LogP contribution in [0.3, 0.4) is 0 Å².